The lowest BCUT2D eigenvalue weighted by Crippen LogP contribution is -2.53. The molecule has 0 bridgehead atoms. The van der Waals surface area contributed by atoms with Gasteiger partial charge in [-0.2, -0.15) is 5.26 Å². The monoisotopic (exact) mass is 283 g/mol. The maximum atomic E-state index is 11.3. The van der Waals surface area contributed by atoms with Crippen LogP contribution in [0.4, 0.5) is 0 Å². The zero-order chi connectivity index (χ0) is 15.1. The van der Waals surface area contributed by atoms with Crippen LogP contribution in [-0.2, 0) is 12.8 Å². The molecule has 0 amide bonds. The normalized spacial score (nSPS) is 30.2. The van der Waals surface area contributed by atoms with Crippen LogP contribution < -0.4 is 0 Å². The number of fused-ring (bicyclic) bond motifs is 1. The highest BCUT2D eigenvalue weighted by atomic mass is 16.3. The molecule has 2 nitrogen and oxygen atoms in total. The first-order chi connectivity index (χ1) is 9.90. The van der Waals surface area contributed by atoms with Crippen molar-refractivity contribution in [3.8, 4) is 6.07 Å². The summed E-state index contributed by atoms with van der Waals surface area (Å²) in [7, 11) is 0. The second-order valence-electron chi connectivity index (χ2n) is 7.84. The van der Waals surface area contributed by atoms with Gasteiger partial charge in [0.25, 0.3) is 0 Å². The molecule has 1 aromatic carbocycles. The van der Waals surface area contributed by atoms with Crippen LogP contribution in [0.15, 0.2) is 24.3 Å². The number of nitrogens with zero attached hydrogens (tertiary/aromatic N) is 1. The van der Waals surface area contributed by atoms with Gasteiger partial charge in [0, 0.05) is 6.42 Å². The van der Waals surface area contributed by atoms with E-state index >= 15 is 0 Å². The first-order valence-electron chi connectivity index (χ1n) is 8.10. The Bertz CT molecular complexity index is 573. The van der Waals surface area contributed by atoms with Crippen molar-refractivity contribution in [3.63, 3.8) is 0 Å². The van der Waals surface area contributed by atoms with E-state index in [9.17, 15) is 10.4 Å². The van der Waals surface area contributed by atoms with Crippen molar-refractivity contribution in [3.05, 3.63) is 35.4 Å². The molecule has 1 N–H and O–H groups in total. The third-order valence-electron chi connectivity index (χ3n) is 5.97. The number of hydrogen-bond donors (Lipinski definition) is 1. The summed E-state index contributed by atoms with van der Waals surface area (Å²) in [6.07, 6.45) is 5.97. The van der Waals surface area contributed by atoms with Crippen molar-refractivity contribution < 1.29 is 5.11 Å². The molecule has 1 aromatic rings. The minimum Gasteiger partial charge on any atom is -0.388 e. The van der Waals surface area contributed by atoms with Crippen molar-refractivity contribution in [2.24, 2.45) is 10.8 Å². The molecular weight excluding hydrogens is 258 g/mol. The molecule has 0 aromatic heterocycles. The molecule has 1 fully saturated rings. The van der Waals surface area contributed by atoms with Gasteiger partial charge in [0.15, 0.2) is 0 Å². The zero-order valence-corrected chi connectivity index (χ0v) is 13.2. The van der Waals surface area contributed by atoms with E-state index in [2.05, 4.69) is 38.1 Å². The minimum absolute atomic E-state index is 0.309. The number of hydrogen-bond acceptors (Lipinski definition) is 2. The first-order valence-corrected chi connectivity index (χ1v) is 8.10. The Balaban J connectivity index is 1.90. The highest BCUT2D eigenvalue weighted by Crippen LogP contribution is 2.53. The average Bonchev–Trinajstić information content (AvgIpc) is 2.47. The van der Waals surface area contributed by atoms with E-state index in [1.165, 1.54) is 11.1 Å². The molecule has 1 saturated carbocycles. The summed E-state index contributed by atoms with van der Waals surface area (Å²) in [5.74, 6) is 0. The van der Waals surface area contributed by atoms with Crippen molar-refractivity contribution in [2.45, 2.75) is 64.4 Å². The van der Waals surface area contributed by atoms with Gasteiger partial charge >= 0.3 is 0 Å². The van der Waals surface area contributed by atoms with Gasteiger partial charge < -0.3 is 5.11 Å². The smallest absolute Gasteiger partial charge is 0.0876 e. The minimum atomic E-state index is -0.855. The van der Waals surface area contributed by atoms with Crippen LogP contribution in [0.3, 0.4) is 0 Å². The van der Waals surface area contributed by atoms with Gasteiger partial charge in [-0.15, -0.1) is 0 Å². The van der Waals surface area contributed by atoms with Gasteiger partial charge in [-0.05, 0) is 55.1 Å². The molecule has 0 aliphatic heterocycles. The SMILES string of the molecule is CC1(C)CCC(C#N)(C2(O)CCc3ccccc3C2)CC1. The molecule has 0 heterocycles. The lowest BCUT2D eigenvalue weighted by Gasteiger charge is -2.50. The lowest BCUT2D eigenvalue weighted by atomic mass is 9.55. The molecule has 2 aliphatic carbocycles. The highest BCUT2D eigenvalue weighted by molar-refractivity contribution is 5.34. The summed E-state index contributed by atoms with van der Waals surface area (Å²) >= 11 is 0. The van der Waals surface area contributed by atoms with Crippen LogP contribution in [-0.4, -0.2) is 10.7 Å². The summed E-state index contributed by atoms with van der Waals surface area (Å²) < 4.78 is 0. The van der Waals surface area contributed by atoms with Crippen LogP contribution >= 0.6 is 0 Å². The standard InChI is InChI=1S/C19H25NO/c1-17(2)9-11-18(14-20,12-10-17)19(21)8-7-15-5-3-4-6-16(15)13-19/h3-6,21H,7-13H2,1-2H3. The van der Waals surface area contributed by atoms with E-state index in [1.807, 2.05) is 6.07 Å². The quantitative estimate of drug-likeness (QED) is 0.846. The topological polar surface area (TPSA) is 44.0 Å². The summed E-state index contributed by atoms with van der Waals surface area (Å²) in [5, 5.41) is 21.2. The van der Waals surface area contributed by atoms with E-state index < -0.39 is 11.0 Å². The summed E-state index contributed by atoms with van der Waals surface area (Å²) in [6, 6.07) is 10.9. The molecule has 112 valence electrons. The fourth-order valence-electron chi connectivity index (χ4n) is 4.16. The fourth-order valence-corrected chi connectivity index (χ4v) is 4.16. The zero-order valence-electron chi connectivity index (χ0n) is 13.2. The fraction of sp³-hybridized carbons (Fsp3) is 0.632. The molecule has 1 unspecified atom stereocenters. The Hall–Kier alpha value is -1.33. The van der Waals surface area contributed by atoms with E-state index in [0.29, 0.717) is 11.8 Å². The second kappa shape index (κ2) is 4.85. The Morgan fingerprint density at radius 2 is 1.62 bits per heavy atom. The van der Waals surface area contributed by atoms with Crippen LogP contribution in [0.1, 0.15) is 57.1 Å². The molecule has 3 rings (SSSR count). The third kappa shape index (κ3) is 2.38. The number of aliphatic hydroxyl groups is 1. The third-order valence-corrected chi connectivity index (χ3v) is 5.97. The largest absolute Gasteiger partial charge is 0.388 e. The molecule has 2 aliphatic rings. The Kier molecular flexibility index (Phi) is 3.37. The van der Waals surface area contributed by atoms with Crippen LogP contribution in [0.5, 0.6) is 0 Å². The van der Waals surface area contributed by atoms with Gasteiger partial charge in [-0.25, -0.2) is 0 Å². The predicted molar refractivity (Wildman–Crippen MR) is 83.7 cm³/mol. The molecule has 2 heteroatoms. The molecule has 0 spiro atoms. The van der Waals surface area contributed by atoms with E-state index in [1.54, 1.807) is 0 Å². The van der Waals surface area contributed by atoms with Gasteiger partial charge in [-0.3, -0.25) is 0 Å². The number of nitriles is 1. The van der Waals surface area contributed by atoms with Crippen molar-refractivity contribution in [1.82, 2.24) is 0 Å². The van der Waals surface area contributed by atoms with Crippen LogP contribution in [0.25, 0.3) is 0 Å². The van der Waals surface area contributed by atoms with Crippen LogP contribution in [0.2, 0.25) is 0 Å². The number of rotatable bonds is 1. The first kappa shape index (κ1) is 14.6. The molecule has 0 saturated heterocycles. The highest BCUT2D eigenvalue weighted by Gasteiger charge is 2.54. The summed E-state index contributed by atoms with van der Waals surface area (Å²) in [4.78, 5) is 0. The Morgan fingerprint density at radius 1 is 1.00 bits per heavy atom. The maximum Gasteiger partial charge on any atom is 0.0876 e. The van der Waals surface area contributed by atoms with Gasteiger partial charge in [0.1, 0.15) is 0 Å². The Labute approximate surface area is 127 Å². The van der Waals surface area contributed by atoms with E-state index in [0.717, 1.165) is 38.5 Å². The molecule has 0 radical (unpaired) electrons. The van der Waals surface area contributed by atoms with E-state index in [4.69, 9.17) is 0 Å². The number of benzene rings is 1. The Morgan fingerprint density at radius 3 is 2.24 bits per heavy atom. The van der Waals surface area contributed by atoms with Crippen molar-refractivity contribution in [1.29, 1.82) is 5.26 Å². The maximum absolute atomic E-state index is 11.3. The van der Waals surface area contributed by atoms with E-state index in [-0.39, 0.29) is 0 Å². The van der Waals surface area contributed by atoms with Gasteiger partial charge in [0.05, 0.1) is 17.1 Å². The molecule has 1 atom stereocenters. The second-order valence-corrected chi connectivity index (χ2v) is 7.84. The average molecular weight is 283 g/mol. The lowest BCUT2D eigenvalue weighted by molar-refractivity contribution is -0.0937. The summed E-state index contributed by atoms with van der Waals surface area (Å²) in [6.45, 7) is 4.54. The van der Waals surface area contributed by atoms with Gasteiger partial charge in [-0.1, -0.05) is 38.1 Å². The van der Waals surface area contributed by atoms with Crippen molar-refractivity contribution in [2.75, 3.05) is 0 Å². The van der Waals surface area contributed by atoms with Gasteiger partial charge in [0.2, 0.25) is 0 Å². The summed E-state index contributed by atoms with van der Waals surface area (Å²) in [5.41, 5.74) is 1.46. The predicted octanol–water partition coefficient (Wildman–Crippen LogP) is 4.02. The van der Waals surface area contributed by atoms with Crippen molar-refractivity contribution >= 4 is 0 Å². The molecular formula is C19H25NO. The molecule has 21 heavy (non-hydrogen) atoms. The number of aryl methyl sites for hydroxylation is 1. The van der Waals surface area contributed by atoms with Crippen LogP contribution in [0, 0.1) is 22.2 Å².